The average molecular weight is 471 g/mol. The normalized spacial score (nSPS) is 11.0. The zero-order valence-corrected chi connectivity index (χ0v) is 17.7. The molecule has 142 valence electrons. The van der Waals surface area contributed by atoms with Crippen LogP contribution in [0.5, 0.6) is 0 Å². The highest BCUT2D eigenvalue weighted by molar-refractivity contribution is 14.0. The maximum atomic E-state index is 13.0. The summed E-state index contributed by atoms with van der Waals surface area (Å²) in [4.78, 5) is 6.42. The van der Waals surface area contributed by atoms with E-state index in [2.05, 4.69) is 26.9 Å². The highest BCUT2D eigenvalue weighted by Crippen LogP contribution is 2.09. The minimum absolute atomic E-state index is 0. The van der Waals surface area contributed by atoms with E-state index in [4.69, 9.17) is 0 Å². The molecular formula is C19H27FIN5. The fraction of sp³-hybridized carbons (Fsp3) is 0.368. The molecule has 1 aromatic carbocycles. The van der Waals surface area contributed by atoms with Crippen LogP contribution in [0.4, 0.5) is 4.39 Å². The van der Waals surface area contributed by atoms with Crippen molar-refractivity contribution in [3.05, 3.63) is 60.7 Å². The highest BCUT2D eigenvalue weighted by atomic mass is 127. The van der Waals surface area contributed by atoms with E-state index in [1.165, 1.54) is 12.1 Å². The van der Waals surface area contributed by atoms with Crippen LogP contribution in [0.3, 0.4) is 0 Å². The van der Waals surface area contributed by atoms with Gasteiger partial charge >= 0.3 is 0 Å². The molecule has 1 heterocycles. The van der Waals surface area contributed by atoms with Crippen molar-refractivity contribution < 1.29 is 4.39 Å². The Hall–Kier alpha value is -1.90. The van der Waals surface area contributed by atoms with E-state index in [1.807, 2.05) is 25.4 Å². The molecule has 0 atom stereocenters. The molecule has 5 nitrogen and oxygen atoms in total. The van der Waals surface area contributed by atoms with Crippen LogP contribution < -0.4 is 5.32 Å². The molecule has 0 amide bonds. The average Bonchev–Trinajstić information content (AvgIpc) is 3.08. The summed E-state index contributed by atoms with van der Waals surface area (Å²) in [6.07, 6.45) is 6.67. The van der Waals surface area contributed by atoms with E-state index >= 15 is 0 Å². The van der Waals surface area contributed by atoms with Gasteiger partial charge in [-0.1, -0.05) is 6.08 Å². The molecule has 0 saturated heterocycles. The first-order valence-corrected chi connectivity index (χ1v) is 8.47. The molecule has 0 saturated carbocycles. The molecule has 0 spiro atoms. The van der Waals surface area contributed by atoms with Gasteiger partial charge in [-0.15, -0.1) is 30.6 Å². The predicted molar refractivity (Wildman–Crippen MR) is 116 cm³/mol. The molecule has 7 heteroatoms. The third-order valence-electron chi connectivity index (χ3n) is 3.87. The summed E-state index contributed by atoms with van der Waals surface area (Å²) in [5.41, 5.74) is 1.82. The third-order valence-corrected chi connectivity index (χ3v) is 3.87. The number of allylic oxidation sites excluding steroid dienone is 1. The number of aromatic nitrogens is 2. The molecule has 0 aliphatic heterocycles. The number of halogens is 2. The third kappa shape index (κ3) is 6.78. The van der Waals surface area contributed by atoms with Gasteiger partial charge in [0.15, 0.2) is 5.96 Å². The number of hydrogen-bond acceptors (Lipinski definition) is 2. The monoisotopic (exact) mass is 471 g/mol. The molecule has 0 radical (unpaired) electrons. The van der Waals surface area contributed by atoms with Gasteiger partial charge in [0.1, 0.15) is 5.82 Å². The molecule has 0 aliphatic rings. The van der Waals surface area contributed by atoms with Crippen LogP contribution in [0, 0.1) is 5.82 Å². The van der Waals surface area contributed by atoms with Gasteiger partial charge in [0.25, 0.3) is 0 Å². The Kier molecular flexibility index (Phi) is 9.93. The summed E-state index contributed by atoms with van der Waals surface area (Å²) in [7, 11) is 3.82. The Morgan fingerprint density at radius 3 is 2.73 bits per heavy atom. The zero-order valence-electron chi connectivity index (χ0n) is 15.4. The molecule has 2 aromatic rings. The summed E-state index contributed by atoms with van der Waals surface area (Å²) in [6.45, 7) is 5.43. The highest BCUT2D eigenvalue weighted by Gasteiger charge is 2.06. The summed E-state index contributed by atoms with van der Waals surface area (Å²) in [5.74, 6) is 0.631. The smallest absolute Gasteiger partial charge is 0.193 e. The second-order valence-corrected chi connectivity index (χ2v) is 5.80. The van der Waals surface area contributed by atoms with Crippen LogP contribution >= 0.6 is 24.0 Å². The molecule has 0 unspecified atom stereocenters. The van der Waals surface area contributed by atoms with Crippen molar-refractivity contribution >= 4 is 29.9 Å². The SMILES string of the molecule is C=CCCCN(C)C(=NC)NCCc1ccn(-c2ccc(F)cc2)n1.I. The van der Waals surface area contributed by atoms with Crippen molar-refractivity contribution in [2.75, 3.05) is 27.2 Å². The van der Waals surface area contributed by atoms with Crippen LogP contribution in [-0.4, -0.2) is 47.8 Å². The number of aliphatic imine (C=N–C) groups is 1. The molecule has 1 aromatic heterocycles. The van der Waals surface area contributed by atoms with Crippen molar-refractivity contribution in [1.29, 1.82) is 0 Å². The second kappa shape index (κ2) is 11.7. The molecular weight excluding hydrogens is 444 g/mol. The summed E-state index contributed by atoms with van der Waals surface area (Å²) < 4.78 is 14.7. The first-order valence-electron chi connectivity index (χ1n) is 8.47. The van der Waals surface area contributed by atoms with E-state index in [0.29, 0.717) is 0 Å². The molecule has 0 bridgehead atoms. The minimum atomic E-state index is -0.246. The van der Waals surface area contributed by atoms with Crippen molar-refractivity contribution in [2.24, 2.45) is 4.99 Å². The van der Waals surface area contributed by atoms with E-state index in [1.54, 1.807) is 23.9 Å². The number of nitrogens with zero attached hydrogens (tertiary/aromatic N) is 4. The maximum Gasteiger partial charge on any atom is 0.193 e. The first kappa shape index (κ1) is 22.1. The van der Waals surface area contributed by atoms with E-state index in [9.17, 15) is 4.39 Å². The number of benzene rings is 1. The Balaban J connectivity index is 0.00000338. The molecule has 26 heavy (non-hydrogen) atoms. The van der Waals surface area contributed by atoms with Crippen molar-refractivity contribution in [3.8, 4) is 5.69 Å². The number of unbranched alkanes of at least 4 members (excludes halogenated alkanes) is 1. The van der Waals surface area contributed by atoms with Gasteiger partial charge in [-0.25, -0.2) is 9.07 Å². The van der Waals surface area contributed by atoms with Crippen LogP contribution in [0.25, 0.3) is 5.69 Å². The Morgan fingerprint density at radius 1 is 1.35 bits per heavy atom. The quantitative estimate of drug-likeness (QED) is 0.210. The van der Waals surface area contributed by atoms with Gasteiger partial charge in [-0.3, -0.25) is 4.99 Å². The summed E-state index contributed by atoms with van der Waals surface area (Å²) in [6, 6.07) is 8.27. The van der Waals surface area contributed by atoms with Gasteiger partial charge in [-0.2, -0.15) is 5.10 Å². The van der Waals surface area contributed by atoms with Crippen molar-refractivity contribution in [2.45, 2.75) is 19.3 Å². The molecule has 0 aliphatic carbocycles. The van der Waals surface area contributed by atoms with Crippen LogP contribution in [0.2, 0.25) is 0 Å². The molecule has 1 N–H and O–H groups in total. The number of rotatable bonds is 8. The number of guanidine groups is 1. The lowest BCUT2D eigenvalue weighted by atomic mass is 10.3. The van der Waals surface area contributed by atoms with Crippen LogP contribution in [0.1, 0.15) is 18.5 Å². The topological polar surface area (TPSA) is 45.5 Å². The number of hydrogen-bond donors (Lipinski definition) is 1. The van der Waals surface area contributed by atoms with Crippen LogP contribution in [-0.2, 0) is 6.42 Å². The Bertz CT molecular complexity index is 696. The predicted octanol–water partition coefficient (Wildman–Crippen LogP) is 3.65. The van der Waals surface area contributed by atoms with Gasteiger partial charge in [0.2, 0.25) is 0 Å². The summed E-state index contributed by atoms with van der Waals surface area (Å²) in [5, 5.41) is 7.88. The fourth-order valence-corrected chi connectivity index (χ4v) is 2.50. The lowest BCUT2D eigenvalue weighted by Crippen LogP contribution is -2.40. The lowest BCUT2D eigenvalue weighted by Gasteiger charge is -2.21. The maximum absolute atomic E-state index is 13.0. The zero-order chi connectivity index (χ0) is 18.1. The van der Waals surface area contributed by atoms with Gasteiger partial charge in [-0.05, 0) is 43.2 Å². The van der Waals surface area contributed by atoms with Gasteiger partial charge in [0.05, 0.1) is 11.4 Å². The van der Waals surface area contributed by atoms with Gasteiger partial charge < -0.3 is 10.2 Å². The summed E-state index contributed by atoms with van der Waals surface area (Å²) >= 11 is 0. The number of nitrogens with one attached hydrogen (secondary N) is 1. The minimum Gasteiger partial charge on any atom is -0.356 e. The Morgan fingerprint density at radius 2 is 2.08 bits per heavy atom. The van der Waals surface area contributed by atoms with E-state index < -0.39 is 0 Å². The molecule has 0 fully saturated rings. The van der Waals surface area contributed by atoms with Crippen molar-refractivity contribution in [3.63, 3.8) is 0 Å². The lowest BCUT2D eigenvalue weighted by molar-refractivity contribution is 0.470. The van der Waals surface area contributed by atoms with Crippen molar-refractivity contribution in [1.82, 2.24) is 20.0 Å². The second-order valence-electron chi connectivity index (χ2n) is 5.80. The van der Waals surface area contributed by atoms with Gasteiger partial charge in [0, 0.05) is 39.8 Å². The largest absolute Gasteiger partial charge is 0.356 e. The molecule has 2 rings (SSSR count). The van der Waals surface area contributed by atoms with E-state index in [0.717, 1.165) is 49.7 Å². The first-order chi connectivity index (χ1) is 12.1. The standard InChI is InChI=1S/C19H26FN5.HI/c1-4-5-6-14-24(3)19(21-2)22-13-11-17-12-15-25(23-17)18-9-7-16(20)8-10-18;/h4,7-10,12,15H,1,5-6,11,13-14H2,2-3H3,(H,21,22);1H. The Labute approximate surface area is 172 Å². The van der Waals surface area contributed by atoms with Crippen LogP contribution in [0.15, 0.2) is 54.2 Å². The fourth-order valence-electron chi connectivity index (χ4n) is 2.50. The van der Waals surface area contributed by atoms with E-state index in [-0.39, 0.29) is 29.8 Å².